The molecular formula is C20H18Br2F3NO5S. The Morgan fingerprint density at radius 2 is 1.56 bits per heavy atom. The Morgan fingerprint density at radius 3 is 2.12 bits per heavy atom. The van der Waals surface area contributed by atoms with Gasteiger partial charge in [-0.15, -0.1) is 0 Å². The molecule has 6 nitrogen and oxygen atoms in total. The molecule has 0 saturated heterocycles. The molecule has 0 aliphatic rings. The van der Waals surface area contributed by atoms with Gasteiger partial charge in [0.15, 0.2) is 0 Å². The molecule has 174 valence electrons. The van der Waals surface area contributed by atoms with Crippen LogP contribution in [0.15, 0.2) is 55.1 Å². The third kappa shape index (κ3) is 7.04. The van der Waals surface area contributed by atoms with E-state index in [1.54, 1.807) is 0 Å². The van der Waals surface area contributed by atoms with Gasteiger partial charge in [0.05, 0.1) is 22.0 Å². The molecule has 0 heterocycles. The number of alkyl halides is 3. The van der Waals surface area contributed by atoms with Crippen molar-refractivity contribution in [2.75, 3.05) is 13.2 Å². The highest BCUT2D eigenvalue weighted by molar-refractivity contribution is 9.10. The molecule has 0 bridgehead atoms. The molecule has 0 spiro atoms. The Balaban J connectivity index is 2.33. The zero-order chi connectivity index (χ0) is 24.3. The maximum absolute atomic E-state index is 13.1. The lowest BCUT2D eigenvalue weighted by atomic mass is 10.2. The third-order valence-electron chi connectivity index (χ3n) is 3.92. The number of ether oxygens (including phenoxy) is 1. The minimum atomic E-state index is -4.75. The van der Waals surface area contributed by atoms with Crippen LogP contribution >= 0.6 is 31.9 Å². The first kappa shape index (κ1) is 26.3. The van der Waals surface area contributed by atoms with E-state index < -0.39 is 49.8 Å². The predicted octanol–water partition coefficient (Wildman–Crippen LogP) is 4.99. The van der Waals surface area contributed by atoms with Crippen molar-refractivity contribution in [3.05, 3.63) is 56.5 Å². The highest BCUT2D eigenvalue weighted by Gasteiger charge is 2.33. The summed E-state index contributed by atoms with van der Waals surface area (Å²) in [7, 11) is -4.40. The molecule has 0 atom stereocenters. The molecule has 2 aromatic rings. The Hall–Kier alpha value is -1.92. The lowest BCUT2D eigenvalue weighted by Gasteiger charge is -2.12. The number of carbonyl (C=O) groups is 2. The van der Waals surface area contributed by atoms with Crippen molar-refractivity contribution in [1.29, 1.82) is 0 Å². The van der Waals surface area contributed by atoms with Crippen molar-refractivity contribution in [1.82, 2.24) is 5.32 Å². The summed E-state index contributed by atoms with van der Waals surface area (Å²) in [6.45, 7) is 3.44. The number of rotatable bonds is 7. The minimum absolute atomic E-state index is 0.0706. The van der Waals surface area contributed by atoms with Crippen LogP contribution in [0.1, 0.15) is 29.8 Å². The minimum Gasteiger partial charge on any atom is -0.464 e. The molecule has 0 aliphatic heterocycles. The predicted molar refractivity (Wildman–Crippen MR) is 117 cm³/mol. The summed E-state index contributed by atoms with van der Waals surface area (Å²) >= 11 is 6.00. The molecule has 1 amide bonds. The molecule has 12 heteroatoms. The molecule has 0 unspecified atom stereocenters. The van der Waals surface area contributed by atoms with Gasteiger partial charge in [-0.05, 0) is 42.3 Å². The van der Waals surface area contributed by atoms with Crippen molar-refractivity contribution < 1.29 is 35.9 Å². The van der Waals surface area contributed by atoms with Crippen LogP contribution in [0.5, 0.6) is 0 Å². The second-order valence-electron chi connectivity index (χ2n) is 7.11. The number of hydrogen-bond acceptors (Lipinski definition) is 5. The van der Waals surface area contributed by atoms with Gasteiger partial charge >= 0.3 is 12.1 Å². The zero-order valence-corrected chi connectivity index (χ0v) is 20.8. The van der Waals surface area contributed by atoms with Crippen LogP contribution in [-0.2, 0) is 25.5 Å². The van der Waals surface area contributed by atoms with E-state index in [0.29, 0.717) is 6.07 Å². The second-order valence-corrected chi connectivity index (χ2v) is 10.9. The lowest BCUT2D eigenvalue weighted by molar-refractivity contribution is -0.143. The molecule has 2 aromatic carbocycles. The number of sulfone groups is 1. The molecule has 0 fully saturated rings. The maximum Gasteiger partial charge on any atom is 0.416 e. The van der Waals surface area contributed by atoms with Crippen LogP contribution in [0.4, 0.5) is 13.2 Å². The molecule has 0 aromatic heterocycles. The number of amides is 1. The molecule has 2 rings (SSSR count). The number of hydrogen-bond donors (Lipinski definition) is 1. The van der Waals surface area contributed by atoms with Gasteiger partial charge in [-0.2, -0.15) is 13.2 Å². The number of benzene rings is 2. The summed E-state index contributed by atoms with van der Waals surface area (Å²) < 4.78 is 70.4. The van der Waals surface area contributed by atoms with E-state index >= 15 is 0 Å². The largest absolute Gasteiger partial charge is 0.464 e. The monoisotopic (exact) mass is 599 g/mol. The Morgan fingerprint density at radius 1 is 1.00 bits per heavy atom. The second kappa shape index (κ2) is 10.3. The number of carbonyl (C=O) groups excluding carboxylic acids is 2. The molecule has 0 radical (unpaired) electrons. The standard InChI is InChI=1S/C20H18Br2F3NO5S/c1-11(2)10-31-18(27)9-26-19(28)12-3-14(21)7-16(4-12)32(29,30)17-6-13(20(23,24)25)5-15(22)8-17/h3-8,11H,9-10H2,1-2H3,(H,26,28). The SMILES string of the molecule is CC(C)COC(=O)CNC(=O)c1cc(Br)cc(S(=O)(=O)c2cc(Br)cc(C(F)(F)F)c2)c1. The summed E-state index contributed by atoms with van der Waals surface area (Å²) in [5.74, 6) is -1.30. The van der Waals surface area contributed by atoms with E-state index in [2.05, 4.69) is 37.2 Å². The normalized spacial score (nSPS) is 12.0. The van der Waals surface area contributed by atoms with Crippen LogP contribution in [0.25, 0.3) is 0 Å². The fraction of sp³-hybridized carbons (Fsp3) is 0.300. The van der Waals surface area contributed by atoms with Gasteiger partial charge in [-0.1, -0.05) is 45.7 Å². The smallest absolute Gasteiger partial charge is 0.416 e. The quantitative estimate of drug-likeness (QED) is 0.452. The molecule has 0 aliphatic carbocycles. The van der Waals surface area contributed by atoms with Crippen LogP contribution in [-0.4, -0.2) is 33.4 Å². The van der Waals surface area contributed by atoms with Crippen molar-refractivity contribution in [3.63, 3.8) is 0 Å². The topological polar surface area (TPSA) is 89.5 Å². The fourth-order valence-corrected chi connectivity index (χ4v) is 5.12. The third-order valence-corrected chi connectivity index (χ3v) is 6.55. The molecule has 1 N–H and O–H groups in total. The van der Waals surface area contributed by atoms with E-state index in [1.807, 2.05) is 13.8 Å². The first-order valence-corrected chi connectivity index (χ1v) is 12.1. The summed E-state index contributed by atoms with van der Waals surface area (Å²) in [5, 5.41) is 2.32. The van der Waals surface area contributed by atoms with E-state index in [9.17, 15) is 31.2 Å². The van der Waals surface area contributed by atoms with Gasteiger partial charge in [-0.3, -0.25) is 9.59 Å². The average Bonchev–Trinajstić information content (AvgIpc) is 2.68. The maximum atomic E-state index is 13.1. The van der Waals surface area contributed by atoms with Gasteiger partial charge in [-0.25, -0.2) is 8.42 Å². The van der Waals surface area contributed by atoms with Crippen molar-refractivity contribution in [2.45, 2.75) is 29.8 Å². The Kier molecular flexibility index (Phi) is 8.51. The van der Waals surface area contributed by atoms with Gasteiger partial charge < -0.3 is 10.1 Å². The zero-order valence-electron chi connectivity index (χ0n) is 16.8. The Bertz CT molecular complexity index is 1130. The van der Waals surface area contributed by atoms with Gasteiger partial charge in [0.2, 0.25) is 9.84 Å². The highest BCUT2D eigenvalue weighted by Crippen LogP contribution is 2.35. The number of esters is 1. The number of nitrogens with one attached hydrogen (secondary N) is 1. The highest BCUT2D eigenvalue weighted by atomic mass is 79.9. The lowest BCUT2D eigenvalue weighted by Crippen LogP contribution is -2.31. The van der Waals surface area contributed by atoms with Crippen LogP contribution in [0, 0.1) is 5.92 Å². The van der Waals surface area contributed by atoms with Gasteiger partial charge in [0.25, 0.3) is 5.91 Å². The van der Waals surface area contributed by atoms with E-state index in [0.717, 1.165) is 24.3 Å². The van der Waals surface area contributed by atoms with Gasteiger partial charge in [0.1, 0.15) is 6.54 Å². The fourth-order valence-electron chi connectivity index (χ4n) is 2.43. The summed E-state index contributed by atoms with van der Waals surface area (Å²) in [4.78, 5) is 23.1. The summed E-state index contributed by atoms with van der Waals surface area (Å²) in [5.41, 5.74) is -1.25. The van der Waals surface area contributed by atoms with E-state index in [1.165, 1.54) is 6.07 Å². The van der Waals surface area contributed by atoms with Crippen LogP contribution in [0.2, 0.25) is 0 Å². The molecule has 32 heavy (non-hydrogen) atoms. The van der Waals surface area contributed by atoms with Crippen molar-refractivity contribution >= 4 is 53.6 Å². The summed E-state index contributed by atoms with van der Waals surface area (Å²) in [6.07, 6.45) is -4.75. The summed E-state index contributed by atoms with van der Waals surface area (Å²) in [6, 6.07) is 5.81. The van der Waals surface area contributed by atoms with Gasteiger partial charge in [0, 0.05) is 14.5 Å². The molecular weight excluding hydrogens is 583 g/mol. The van der Waals surface area contributed by atoms with E-state index in [4.69, 9.17) is 4.74 Å². The first-order chi connectivity index (χ1) is 14.7. The van der Waals surface area contributed by atoms with Crippen molar-refractivity contribution in [2.24, 2.45) is 5.92 Å². The Labute approximate surface area is 199 Å². The first-order valence-electron chi connectivity index (χ1n) is 9.07. The van der Waals surface area contributed by atoms with Crippen LogP contribution in [0.3, 0.4) is 0 Å². The van der Waals surface area contributed by atoms with E-state index in [-0.39, 0.29) is 27.0 Å². The molecule has 0 saturated carbocycles. The van der Waals surface area contributed by atoms with Crippen LogP contribution < -0.4 is 5.32 Å². The number of halogens is 5. The average molecular weight is 601 g/mol. The van der Waals surface area contributed by atoms with Crippen molar-refractivity contribution in [3.8, 4) is 0 Å².